The zero-order valence-electron chi connectivity index (χ0n) is 20.7. The average Bonchev–Trinajstić information content (AvgIpc) is 2.86. The van der Waals surface area contributed by atoms with Gasteiger partial charge in [0.1, 0.15) is 5.75 Å². The van der Waals surface area contributed by atoms with Gasteiger partial charge in [-0.25, -0.2) is 8.42 Å². The maximum absolute atomic E-state index is 13.0. The van der Waals surface area contributed by atoms with Crippen molar-refractivity contribution < 1.29 is 32.2 Å². The van der Waals surface area contributed by atoms with Crippen molar-refractivity contribution in [3.05, 3.63) is 47.5 Å². The predicted octanol–water partition coefficient (Wildman–Crippen LogP) is 2.76. The van der Waals surface area contributed by atoms with Gasteiger partial charge >= 0.3 is 0 Å². The first kappa shape index (κ1) is 26.8. The van der Waals surface area contributed by atoms with Crippen molar-refractivity contribution >= 4 is 15.9 Å². The highest BCUT2D eigenvalue weighted by molar-refractivity contribution is 7.89. The second-order valence-electron chi connectivity index (χ2n) is 8.42. The molecule has 1 aliphatic rings. The Bertz CT molecular complexity index is 1110. The summed E-state index contributed by atoms with van der Waals surface area (Å²) in [6.07, 6.45) is 0.545. The van der Waals surface area contributed by atoms with Gasteiger partial charge in [0.15, 0.2) is 11.5 Å². The van der Waals surface area contributed by atoms with Crippen LogP contribution in [0.25, 0.3) is 0 Å². The summed E-state index contributed by atoms with van der Waals surface area (Å²) in [5.41, 5.74) is 1.54. The van der Waals surface area contributed by atoms with E-state index < -0.39 is 10.0 Å². The summed E-state index contributed by atoms with van der Waals surface area (Å²) in [6, 6.07) is 10.3. The van der Waals surface area contributed by atoms with Gasteiger partial charge in [0.2, 0.25) is 15.9 Å². The molecule has 2 aromatic carbocycles. The van der Waals surface area contributed by atoms with Crippen LogP contribution in [-0.2, 0) is 32.5 Å². The third-order valence-corrected chi connectivity index (χ3v) is 7.46. The number of ether oxygens (including phenoxy) is 4. The first-order chi connectivity index (χ1) is 16.7. The molecule has 0 saturated carbocycles. The Morgan fingerprint density at radius 1 is 1.03 bits per heavy atom. The molecule has 0 atom stereocenters. The lowest BCUT2D eigenvalue weighted by atomic mass is 10.1. The number of nitrogens with zero attached hydrogens (tertiary/aromatic N) is 1. The molecule has 35 heavy (non-hydrogen) atoms. The molecule has 0 radical (unpaired) electrons. The summed E-state index contributed by atoms with van der Waals surface area (Å²) in [5, 5.41) is 2.90. The van der Waals surface area contributed by atoms with E-state index in [9.17, 15) is 13.2 Å². The summed E-state index contributed by atoms with van der Waals surface area (Å²) in [6.45, 7) is 5.61. The van der Waals surface area contributed by atoms with Crippen molar-refractivity contribution in [1.29, 1.82) is 0 Å². The Morgan fingerprint density at radius 2 is 1.71 bits per heavy atom. The zero-order valence-corrected chi connectivity index (χ0v) is 21.5. The second kappa shape index (κ2) is 12.2. The average molecular weight is 507 g/mol. The number of methoxy groups -OCH3 is 2. The lowest BCUT2D eigenvalue weighted by Gasteiger charge is -2.26. The van der Waals surface area contributed by atoms with Crippen molar-refractivity contribution in [2.75, 3.05) is 40.5 Å². The maximum Gasteiger partial charge on any atom is 0.243 e. The van der Waals surface area contributed by atoms with Crippen LogP contribution in [0, 0.1) is 0 Å². The van der Waals surface area contributed by atoms with Crippen molar-refractivity contribution in [3.8, 4) is 17.2 Å². The quantitative estimate of drug-likeness (QED) is 0.500. The molecule has 0 aliphatic carbocycles. The topological polar surface area (TPSA) is 103 Å². The van der Waals surface area contributed by atoms with Gasteiger partial charge < -0.3 is 24.3 Å². The SMILES string of the molecule is COc1ccc(S(=O)(=O)N2CCOCC2)cc1CCC(=O)NCc1ccc(OC(C)C)c(OC)c1. The molecule has 1 heterocycles. The molecule has 2 aromatic rings. The number of aryl methyl sites for hydroxylation is 1. The van der Waals surface area contributed by atoms with Crippen LogP contribution in [0.1, 0.15) is 31.4 Å². The summed E-state index contributed by atoms with van der Waals surface area (Å²) >= 11 is 0. The lowest BCUT2D eigenvalue weighted by Crippen LogP contribution is -2.40. The first-order valence-electron chi connectivity index (χ1n) is 11.6. The fraction of sp³-hybridized carbons (Fsp3) is 0.480. The van der Waals surface area contributed by atoms with Crippen LogP contribution >= 0.6 is 0 Å². The highest BCUT2D eigenvalue weighted by Crippen LogP contribution is 2.29. The summed E-state index contributed by atoms with van der Waals surface area (Å²) in [5.74, 6) is 1.64. The van der Waals surface area contributed by atoms with Crippen molar-refractivity contribution in [1.82, 2.24) is 9.62 Å². The van der Waals surface area contributed by atoms with Crippen LogP contribution in [0.3, 0.4) is 0 Å². The summed E-state index contributed by atoms with van der Waals surface area (Å²) in [7, 11) is -0.539. The summed E-state index contributed by atoms with van der Waals surface area (Å²) < 4.78 is 49.2. The van der Waals surface area contributed by atoms with E-state index >= 15 is 0 Å². The molecule has 9 nitrogen and oxygen atoms in total. The van der Waals surface area contributed by atoms with E-state index in [4.69, 9.17) is 18.9 Å². The molecule has 0 spiro atoms. The Balaban J connectivity index is 1.62. The largest absolute Gasteiger partial charge is 0.496 e. The van der Waals surface area contributed by atoms with Crippen LogP contribution in [0.5, 0.6) is 17.2 Å². The number of hydrogen-bond donors (Lipinski definition) is 1. The van der Waals surface area contributed by atoms with E-state index in [-0.39, 0.29) is 23.3 Å². The van der Waals surface area contributed by atoms with E-state index in [1.807, 2.05) is 32.0 Å². The fourth-order valence-corrected chi connectivity index (χ4v) is 5.22. The number of morpholine rings is 1. The third kappa shape index (κ3) is 7.09. The van der Waals surface area contributed by atoms with Crippen LogP contribution in [-0.4, -0.2) is 65.3 Å². The second-order valence-corrected chi connectivity index (χ2v) is 10.4. The Labute approximate surface area is 207 Å². The van der Waals surface area contributed by atoms with E-state index in [1.54, 1.807) is 19.2 Å². The number of nitrogens with one attached hydrogen (secondary N) is 1. The first-order valence-corrected chi connectivity index (χ1v) is 13.0. The number of hydrogen-bond acceptors (Lipinski definition) is 7. The molecule has 0 aromatic heterocycles. The molecule has 0 unspecified atom stereocenters. The van der Waals surface area contributed by atoms with Gasteiger partial charge in [-0.2, -0.15) is 4.31 Å². The molecule has 10 heteroatoms. The molecule has 3 rings (SSSR count). The van der Waals surface area contributed by atoms with E-state index in [1.165, 1.54) is 17.5 Å². The molecular weight excluding hydrogens is 472 g/mol. The molecule has 0 bridgehead atoms. The number of benzene rings is 2. The Hall–Kier alpha value is -2.82. The molecule has 1 N–H and O–H groups in total. The van der Waals surface area contributed by atoms with E-state index in [2.05, 4.69) is 5.32 Å². The number of sulfonamides is 1. The minimum atomic E-state index is -3.64. The van der Waals surface area contributed by atoms with Gasteiger partial charge in [-0.1, -0.05) is 6.07 Å². The third-order valence-electron chi connectivity index (χ3n) is 5.56. The normalized spacial score (nSPS) is 14.5. The summed E-state index contributed by atoms with van der Waals surface area (Å²) in [4.78, 5) is 12.7. The predicted molar refractivity (Wildman–Crippen MR) is 131 cm³/mol. The van der Waals surface area contributed by atoms with Crippen LogP contribution in [0.4, 0.5) is 0 Å². The van der Waals surface area contributed by atoms with Gasteiger partial charge in [0.05, 0.1) is 38.4 Å². The van der Waals surface area contributed by atoms with Crippen LogP contribution in [0.15, 0.2) is 41.3 Å². The monoisotopic (exact) mass is 506 g/mol. The standard InChI is InChI=1S/C25H34N2O7S/c1-18(2)34-23-8-5-19(15-24(23)32-4)17-26-25(28)10-6-20-16-21(7-9-22(20)31-3)35(29,30)27-11-13-33-14-12-27/h5,7-9,15-16,18H,6,10-14,17H2,1-4H3,(H,26,28). The molecule has 1 aliphatic heterocycles. The fourth-order valence-electron chi connectivity index (χ4n) is 3.76. The number of amides is 1. The lowest BCUT2D eigenvalue weighted by molar-refractivity contribution is -0.121. The maximum atomic E-state index is 13.0. The van der Waals surface area contributed by atoms with Gasteiger partial charge in [0, 0.05) is 26.1 Å². The minimum Gasteiger partial charge on any atom is -0.496 e. The smallest absolute Gasteiger partial charge is 0.243 e. The highest BCUT2D eigenvalue weighted by atomic mass is 32.2. The molecule has 192 valence electrons. The molecular formula is C25H34N2O7S. The van der Waals surface area contributed by atoms with Gasteiger partial charge in [-0.15, -0.1) is 0 Å². The van der Waals surface area contributed by atoms with E-state index in [0.29, 0.717) is 62.1 Å². The van der Waals surface area contributed by atoms with Crippen molar-refractivity contribution in [3.63, 3.8) is 0 Å². The van der Waals surface area contributed by atoms with Gasteiger partial charge in [0.25, 0.3) is 0 Å². The van der Waals surface area contributed by atoms with Crippen LogP contribution < -0.4 is 19.5 Å². The minimum absolute atomic E-state index is 0.0220. The zero-order chi connectivity index (χ0) is 25.4. The van der Waals surface area contributed by atoms with Crippen LogP contribution in [0.2, 0.25) is 0 Å². The molecule has 1 amide bonds. The highest BCUT2D eigenvalue weighted by Gasteiger charge is 2.27. The molecule has 1 fully saturated rings. The Morgan fingerprint density at radius 3 is 2.37 bits per heavy atom. The van der Waals surface area contributed by atoms with Crippen molar-refractivity contribution in [2.24, 2.45) is 0 Å². The number of carbonyl (C=O) groups is 1. The Kier molecular flexibility index (Phi) is 9.36. The number of carbonyl (C=O) groups excluding carboxylic acids is 1. The van der Waals surface area contributed by atoms with Gasteiger partial charge in [-0.05, 0) is 61.7 Å². The number of rotatable bonds is 11. The molecule has 1 saturated heterocycles. The van der Waals surface area contributed by atoms with Gasteiger partial charge in [-0.3, -0.25) is 4.79 Å². The van der Waals surface area contributed by atoms with Crippen molar-refractivity contribution in [2.45, 2.75) is 44.2 Å². The van der Waals surface area contributed by atoms with E-state index in [0.717, 1.165) is 5.56 Å².